The van der Waals surface area contributed by atoms with Crippen molar-refractivity contribution in [2.45, 2.75) is 103 Å². The Balaban J connectivity index is 1.48. The molecule has 3 saturated carbocycles. The highest BCUT2D eigenvalue weighted by Gasteiger charge is 2.61. The van der Waals surface area contributed by atoms with E-state index in [0.717, 1.165) is 37.7 Å². The molecule has 0 bridgehead atoms. The Labute approximate surface area is 233 Å². The van der Waals surface area contributed by atoms with Gasteiger partial charge < -0.3 is 9.47 Å². The molecule has 4 aliphatic rings. The smallest absolute Gasteiger partial charge is 0.311 e. The second-order valence-corrected chi connectivity index (χ2v) is 15.8. The van der Waals surface area contributed by atoms with Crippen LogP contribution in [0.15, 0.2) is 46.9 Å². The first-order valence-corrected chi connectivity index (χ1v) is 16.3. The number of fused-ring (bicyclic) bond motifs is 5. The minimum atomic E-state index is -3.53. The van der Waals surface area contributed by atoms with E-state index in [1.165, 1.54) is 6.92 Å². The van der Waals surface area contributed by atoms with Crippen molar-refractivity contribution in [1.82, 2.24) is 0 Å². The Morgan fingerprint density at radius 3 is 2.36 bits per heavy atom. The maximum atomic E-state index is 13.9. The second kappa shape index (κ2) is 10.0. The van der Waals surface area contributed by atoms with Gasteiger partial charge in [0.2, 0.25) is 0 Å². The molecule has 0 aliphatic heterocycles. The van der Waals surface area contributed by atoms with Crippen LogP contribution in [0.5, 0.6) is 0 Å². The lowest BCUT2D eigenvalue weighted by atomic mass is 9.48. The predicted octanol–water partition coefficient (Wildman–Crippen LogP) is 6.29. The van der Waals surface area contributed by atoms with Gasteiger partial charge in [0.25, 0.3) is 0 Å². The molecule has 4 aliphatic carbocycles. The van der Waals surface area contributed by atoms with E-state index < -0.39 is 20.7 Å². The van der Waals surface area contributed by atoms with E-state index in [1.54, 1.807) is 24.3 Å². The Kier molecular flexibility index (Phi) is 7.31. The number of benzene rings is 1. The van der Waals surface area contributed by atoms with Crippen LogP contribution in [0.1, 0.15) is 86.0 Å². The molecule has 5 rings (SSSR count). The molecule has 214 valence electrons. The predicted molar refractivity (Wildman–Crippen MR) is 149 cm³/mol. The molecule has 7 atom stereocenters. The van der Waals surface area contributed by atoms with Crippen LogP contribution >= 0.6 is 0 Å². The van der Waals surface area contributed by atoms with Crippen molar-refractivity contribution in [3.63, 3.8) is 0 Å². The van der Waals surface area contributed by atoms with Gasteiger partial charge in [0, 0.05) is 24.2 Å². The molecular weight excluding hydrogens is 512 g/mol. The van der Waals surface area contributed by atoms with E-state index in [4.69, 9.17) is 9.47 Å². The maximum Gasteiger partial charge on any atom is 0.311 e. The zero-order valence-corrected chi connectivity index (χ0v) is 24.9. The van der Waals surface area contributed by atoms with Gasteiger partial charge in [-0.05, 0) is 95.6 Å². The molecule has 7 heteroatoms. The van der Waals surface area contributed by atoms with Gasteiger partial charge in [-0.3, -0.25) is 9.59 Å². The maximum absolute atomic E-state index is 13.9. The molecule has 1 aromatic carbocycles. The fraction of sp³-hybridized carbons (Fsp3) is 0.688. The van der Waals surface area contributed by atoms with Crippen molar-refractivity contribution >= 4 is 21.8 Å². The van der Waals surface area contributed by atoms with Crippen LogP contribution < -0.4 is 0 Å². The third-order valence-electron chi connectivity index (χ3n) is 10.4. The number of sulfone groups is 1. The van der Waals surface area contributed by atoms with Gasteiger partial charge in [-0.25, -0.2) is 8.42 Å². The van der Waals surface area contributed by atoms with Crippen LogP contribution in [0.3, 0.4) is 0 Å². The topological polar surface area (TPSA) is 86.7 Å². The van der Waals surface area contributed by atoms with Gasteiger partial charge in [0.1, 0.15) is 12.2 Å². The van der Waals surface area contributed by atoms with Crippen molar-refractivity contribution in [2.75, 3.05) is 5.75 Å². The summed E-state index contributed by atoms with van der Waals surface area (Å²) in [5.41, 5.74) is 0.0698. The molecule has 0 aromatic heterocycles. The average Bonchev–Trinajstić information content (AvgIpc) is 3.19. The quantitative estimate of drug-likeness (QED) is 0.313. The van der Waals surface area contributed by atoms with Gasteiger partial charge in [-0.15, -0.1) is 0 Å². The summed E-state index contributed by atoms with van der Waals surface area (Å²) in [4.78, 5) is 24.9. The highest BCUT2D eigenvalue weighted by Crippen LogP contribution is 2.66. The number of carbonyl (C=O) groups is 2. The molecule has 0 amide bonds. The van der Waals surface area contributed by atoms with Gasteiger partial charge in [-0.2, -0.15) is 0 Å². The average molecular weight is 557 g/mol. The molecule has 0 unspecified atom stereocenters. The summed E-state index contributed by atoms with van der Waals surface area (Å²) in [5, 5.41) is 0. The van der Waals surface area contributed by atoms with Crippen molar-refractivity contribution < 1.29 is 27.5 Å². The Hall–Kier alpha value is -2.15. The summed E-state index contributed by atoms with van der Waals surface area (Å²) >= 11 is 0. The van der Waals surface area contributed by atoms with Crippen LogP contribution in [0.25, 0.3) is 0 Å². The van der Waals surface area contributed by atoms with E-state index in [0.29, 0.717) is 36.0 Å². The largest absolute Gasteiger partial charge is 0.462 e. The van der Waals surface area contributed by atoms with Gasteiger partial charge in [-0.1, -0.05) is 36.8 Å². The zero-order valence-electron chi connectivity index (χ0n) is 24.1. The van der Waals surface area contributed by atoms with Crippen LogP contribution in [-0.2, 0) is 28.9 Å². The molecular formula is C32H44O6S. The fourth-order valence-corrected chi connectivity index (χ4v) is 10.5. The molecule has 0 heterocycles. The summed E-state index contributed by atoms with van der Waals surface area (Å²) in [6.45, 7) is 9.44. The molecule has 0 spiro atoms. The summed E-state index contributed by atoms with van der Waals surface area (Å²) < 4.78 is 39.5. The molecule has 6 nitrogen and oxygen atoms in total. The van der Waals surface area contributed by atoms with Crippen LogP contribution in [0.2, 0.25) is 0 Å². The van der Waals surface area contributed by atoms with Crippen LogP contribution in [0.4, 0.5) is 0 Å². The normalized spacial score (nSPS) is 36.1. The SMILES string of the molecule is CC(=O)O[C@H]1CC[C@@]2(CS(=O)(=O)c3ccccc3)C(=CC[C@@H]3[C@@H]2CC[C@]2(C)[C@@H](OC(=O)C(C)(C)C)CC[C@@H]32)C1. The van der Waals surface area contributed by atoms with E-state index in [1.807, 2.05) is 26.8 Å². The standard InChI is InChI=1S/C32H44O6S/c1-21(33)37-23-15-18-32(20-39(35,36)24-9-7-6-8-10-24)22(19-23)11-12-25-26-13-14-28(38-29(34)30(2,3)4)31(26,5)17-16-27(25)32/h6-11,23,25-28H,12-20H2,1-5H3/t23-,25-,26-,27-,28-,31-,32+/m0/s1. The number of allylic oxidation sites excluding steroid dienone is 1. The summed E-state index contributed by atoms with van der Waals surface area (Å²) in [5.74, 6) is 0.640. The van der Waals surface area contributed by atoms with Crippen molar-refractivity contribution in [1.29, 1.82) is 0 Å². The van der Waals surface area contributed by atoms with E-state index >= 15 is 0 Å². The van der Waals surface area contributed by atoms with Crippen LogP contribution in [0, 0.1) is 34.0 Å². The first-order chi connectivity index (χ1) is 18.3. The lowest BCUT2D eigenvalue weighted by molar-refractivity contribution is -0.168. The van der Waals surface area contributed by atoms with Crippen molar-refractivity contribution in [3.05, 3.63) is 42.0 Å². The Bertz CT molecular complexity index is 1240. The van der Waals surface area contributed by atoms with E-state index in [2.05, 4.69) is 13.0 Å². The lowest BCUT2D eigenvalue weighted by Crippen LogP contribution is -2.55. The molecule has 0 N–H and O–H groups in total. The number of carbonyl (C=O) groups excluding carboxylic acids is 2. The minimum absolute atomic E-state index is 0.0929. The van der Waals surface area contributed by atoms with Gasteiger partial charge in [0.05, 0.1) is 16.1 Å². The monoisotopic (exact) mass is 556 g/mol. The molecule has 3 fully saturated rings. The number of esters is 2. The Morgan fingerprint density at radius 2 is 1.69 bits per heavy atom. The summed E-state index contributed by atoms with van der Waals surface area (Å²) in [7, 11) is -3.53. The fourth-order valence-electron chi connectivity index (χ4n) is 8.53. The second-order valence-electron chi connectivity index (χ2n) is 13.8. The van der Waals surface area contributed by atoms with Crippen LogP contribution in [-0.4, -0.2) is 38.3 Å². The highest BCUT2D eigenvalue weighted by atomic mass is 32.2. The van der Waals surface area contributed by atoms with Gasteiger partial charge >= 0.3 is 11.9 Å². The summed E-state index contributed by atoms with van der Waals surface area (Å²) in [6.07, 6.45) is 8.61. The molecule has 0 radical (unpaired) electrons. The number of hydrogen-bond donors (Lipinski definition) is 0. The molecule has 39 heavy (non-hydrogen) atoms. The first-order valence-electron chi connectivity index (χ1n) is 14.6. The number of rotatable bonds is 5. The van der Waals surface area contributed by atoms with Crippen molar-refractivity contribution in [2.24, 2.45) is 34.0 Å². The first kappa shape index (κ1) is 28.4. The molecule has 1 aromatic rings. The summed E-state index contributed by atoms with van der Waals surface area (Å²) in [6, 6.07) is 8.80. The van der Waals surface area contributed by atoms with Gasteiger partial charge in [0.15, 0.2) is 9.84 Å². The number of ether oxygens (including phenoxy) is 2. The third-order valence-corrected chi connectivity index (χ3v) is 12.3. The van der Waals surface area contributed by atoms with Crippen molar-refractivity contribution in [3.8, 4) is 0 Å². The highest BCUT2D eigenvalue weighted by molar-refractivity contribution is 7.91. The third kappa shape index (κ3) is 5.09. The minimum Gasteiger partial charge on any atom is -0.462 e. The number of hydrogen-bond acceptors (Lipinski definition) is 6. The molecule has 0 saturated heterocycles. The lowest BCUT2D eigenvalue weighted by Gasteiger charge is -2.58. The van der Waals surface area contributed by atoms with E-state index in [9.17, 15) is 18.0 Å². The Morgan fingerprint density at radius 1 is 0.974 bits per heavy atom. The van der Waals surface area contributed by atoms with E-state index in [-0.39, 0.29) is 41.2 Å². The zero-order chi connectivity index (χ0) is 28.2.